The fourth-order valence-corrected chi connectivity index (χ4v) is 3.77. The minimum Gasteiger partial charge on any atom is -0.494 e. The lowest BCUT2D eigenvalue weighted by Crippen LogP contribution is -2.20. The Balaban J connectivity index is 1.54. The molecule has 0 aliphatic heterocycles. The molecule has 0 atom stereocenters. The van der Waals surface area contributed by atoms with Crippen LogP contribution in [0.25, 0.3) is 11.4 Å². The van der Waals surface area contributed by atoms with E-state index in [4.69, 9.17) is 4.74 Å². The standard InChI is InChI=1S/C23H24F2N6O2/c1-31-12-27-21(30-31)15-4-3-5-17(20(15)33-2)28-18-10-19(29-22(32)13-6-7-13)26-11-16(18)23(24,25)14-8-9-14/h3-5,10-14H,6-9H2,1-2H3,(H2,26,28,29,32). The predicted molar refractivity (Wildman–Crippen MR) is 118 cm³/mol. The highest BCUT2D eigenvalue weighted by Crippen LogP contribution is 2.52. The molecule has 2 aliphatic rings. The summed E-state index contributed by atoms with van der Waals surface area (Å²) < 4.78 is 37.5. The molecule has 2 heterocycles. The van der Waals surface area contributed by atoms with Gasteiger partial charge in [-0.2, -0.15) is 5.10 Å². The van der Waals surface area contributed by atoms with Crippen LogP contribution in [0.2, 0.25) is 0 Å². The van der Waals surface area contributed by atoms with Crippen molar-refractivity contribution in [2.45, 2.75) is 31.6 Å². The van der Waals surface area contributed by atoms with Crippen LogP contribution >= 0.6 is 0 Å². The van der Waals surface area contributed by atoms with Crippen molar-refractivity contribution in [2.75, 3.05) is 17.7 Å². The molecule has 33 heavy (non-hydrogen) atoms. The summed E-state index contributed by atoms with van der Waals surface area (Å²) in [6.45, 7) is 0. The molecule has 0 saturated heterocycles. The largest absolute Gasteiger partial charge is 0.494 e. The molecule has 2 aromatic heterocycles. The molecule has 2 N–H and O–H groups in total. The minimum atomic E-state index is -3.04. The maximum Gasteiger partial charge on any atom is 0.279 e. The van der Waals surface area contributed by atoms with Crippen molar-refractivity contribution in [1.82, 2.24) is 19.7 Å². The maximum atomic E-state index is 15.1. The second-order valence-corrected chi connectivity index (χ2v) is 8.53. The molecule has 0 radical (unpaired) electrons. The lowest BCUT2D eigenvalue weighted by atomic mass is 10.0. The number of methoxy groups -OCH3 is 1. The summed E-state index contributed by atoms with van der Waals surface area (Å²) in [5.74, 6) is -2.82. The van der Waals surface area contributed by atoms with E-state index in [1.54, 1.807) is 36.3 Å². The number of ether oxygens (including phenoxy) is 1. The molecule has 1 amide bonds. The zero-order chi connectivity index (χ0) is 23.2. The molecule has 0 spiro atoms. The SMILES string of the molecule is COc1c(Nc2cc(NC(=O)C3CC3)ncc2C(F)(F)C2CC2)cccc1-c1ncn(C)n1. The summed E-state index contributed by atoms with van der Waals surface area (Å²) in [6, 6.07) is 6.75. The number of para-hydroxylation sites is 1. The van der Waals surface area contributed by atoms with Crippen molar-refractivity contribution in [3.63, 3.8) is 0 Å². The Labute approximate surface area is 189 Å². The number of rotatable bonds is 8. The highest BCUT2D eigenvalue weighted by Gasteiger charge is 2.49. The van der Waals surface area contributed by atoms with Crippen molar-refractivity contribution < 1.29 is 18.3 Å². The van der Waals surface area contributed by atoms with E-state index in [9.17, 15) is 4.79 Å². The molecule has 1 aromatic carbocycles. The van der Waals surface area contributed by atoms with Crippen LogP contribution in [0.4, 0.5) is 26.0 Å². The summed E-state index contributed by atoms with van der Waals surface area (Å²) in [4.78, 5) is 20.6. The first kappa shape index (κ1) is 21.3. The van der Waals surface area contributed by atoms with Gasteiger partial charge in [-0.3, -0.25) is 9.48 Å². The smallest absolute Gasteiger partial charge is 0.279 e. The topological polar surface area (TPSA) is 94.0 Å². The van der Waals surface area contributed by atoms with Crippen molar-refractivity contribution in [1.29, 1.82) is 0 Å². The molecular formula is C23H24F2N6O2. The number of carbonyl (C=O) groups is 1. The van der Waals surface area contributed by atoms with Crippen LogP contribution in [-0.4, -0.2) is 32.8 Å². The van der Waals surface area contributed by atoms with Crippen LogP contribution in [0.1, 0.15) is 31.2 Å². The van der Waals surface area contributed by atoms with E-state index in [0.29, 0.717) is 35.7 Å². The van der Waals surface area contributed by atoms with E-state index in [0.717, 1.165) is 19.0 Å². The third-order valence-corrected chi connectivity index (χ3v) is 5.88. The van der Waals surface area contributed by atoms with E-state index in [1.165, 1.54) is 13.2 Å². The minimum absolute atomic E-state index is 0.0292. The third kappa shape index (κ3) is 4.24. The molecule has 0 bridgehead atoms. The van der Waals surface area contributed by atoms with E-state index >= 15 is 8.78 Å². The number of anilines is 3. The second kappa shape index (κ2) is 8.09. The van der Waals surface area contributed by atoms with Crippen molar-refractivity contribution >= 4 is 23.1 Å². The summed E-state index contributed by atoms with van der Waals surface area (Å²) >= 11 is 0. The van der Waals surface area contributed by atoms with E-state index in [1.807, 2.05) is 0 Å². The van der Waals surface area contributed by atoms with Crippen molar-refractivity contribution in [2.24, 2.45) is 18.9 Å². The molecule has 5 rings (SSSR count). The highest BCUT2D eigenvalue weighted by atomic mass is 19.3. The molecule has 10 heteroatoms. The van der Waals surface area contributed by atoms with Gasteiger partial charge in [-0.1, -0.05) is 6.07 Å². The summed E-state index contributed by atoms with van der Waals surface area (Å²) in [6.07, 6.45) is 5.33. The number of hydrogen-bond donors (Lipinski definition) is 2. The molecule has 8 nitrogen and oxygen atoms in total. The number of nitrogens with zero attached hydrogens (tertiary/aromatic N) is 4. The number of aromatic nitrogens is 4. The van der Waals surface area contributed by atoms with Gasteiger partial charge in [0.25, 0.3) is 5.92 Å². The van der Waals surface area contributed by atoms with Crippen molar-refractivity contribution in [3.8, 4) is 17.1 Å². The first-order valence-corrected chi connectivity index (χ1v) is 10.9. The summed E-state index contributed by atoms with van der Waals surface area (Å²) in [5, 5.41) is 10.1. The Morgan fingerprint density at radius 2 is 1.97 bits per heavy atom. The lowest BCUT2D eigenvalue weighted by Gasteiger charge is -2.22. The quantitative estimate of drug-likeness (QED) is 0.521. The number of amides is 1. The number of alkyl halides is 2. The Hall–Kier alpha value is -3.56. The Morgan fingerprint density at radius 3 is 2.61 bits per heavy atom. The average Bonchev–Trinajstić information content (AvgIpc) is 3.70. The van der Waals surface area contributed by atoms with Crippen molar-refractivity contribution in [3.05, 3.63) is 42.4 Å². The maximum absolute atomic E-state index is 15.1. The van der Waals surface area contributed by atoms with Crippen LogP contribution in [0.3, 0.4) is 0 Å². The van der Waals surface area contributed by atoms with E-state index in [-0.39, 0.29) is 28.9 Å². The van der Waals surface area contributed by atoms with Gasteiger partial charge in [0.15, 0.2) is 11.6 Å². The van der Waals surface area contributed by atoms with Crippen LogP contribution < -0.4 is 15.4 Å². The fourth-order valence-electron chi connectivity index (χ4n) is 3.77. The Kier molecular flexibility index (Phi) is 5.22. The van der Waals surface area contributed by atoms with Gasteiger partial charge in [0.05, 0.1) is 29.6 Å². The molecule has 3 aromatic rings. The Morgan fingerprint density at radius 1 is 1.18 bits per heavy atom. The monoisotopic (exact) mass is 454 g/mol. The van der Waals surface area contributed by atoms with Crippen LogP contribution in [0, 0.1) is 11.8 Å². The highest BCUT2D eigenvalue weighted by molar-refractivity contribution is 5.94. The number of benzene rings is 1. The van der Waals surface area contributed by atoms with Gasteiger partial charge in [0.2, 0.25) is 5.91 Å². The second-order valence-electron chi connectivity index (χ2n) is 8.53. The number of halogens is 2. The number of hydrogen-bond acceptors (Lipinski definition) is 6. The van der Waals surface area contributed by atoms with Crippen LogP contribution in [0.15, 0.2) is 36.8 Å². The van der Waals surface area contributed by atoms with Gasteiger partial charge in [-0.25, -0.2) is 18.7 Å². The average molecular weight is 454 g/mol. The third-order valence-electron chi connectivity index (χ3n) is 5.88. The van der Waals surface area contributed by atoms with Gasteiger partial charge < -0.3 is 15.4 Å². The zero-order valence-electron chi connectivity index (χ0n) is 18.3. The van der Waals surface area contributed by atoms with Crippen LogP contribution in [0.5, 0.6) is 5.75 Å². The predicted octanol–water partition coefficient (Wildman–Crippen LogP) is 4.48. The molecule has 2 aliphatic carbocycles. The van der Waals surface area contributed by atoms with E-state index < -0.39 is 11.8 Å². The number of pyridine rings is 1. The first-order chi connectivity index (χ1) is 15.9. The molecule has 2 fully saturated rings. The summed E-state index contributed by atoms with van der Waals surface area (Å²) in [7, 11) is 3.26. The first-order valence-electron chi connectivity index (χ1n) is 10.9. The number of aryl methyl sites for hydroxylation is 1. The van der Waals surface area contributed by atoms with Gasteiger partial charge in [0.1, 0.15) is 12.1 Å². The fraction of sp³-hybridized carbons (Fsp3) is 0.391. The summed E-state index contributed by atoms with van der Waals surface area (Å²) in [5.41, 5.74) is 1.05. The number of nitrogens with one attached hydrogen (secondary N) is 2. The number of carbonyl (C=O) groups excluding carboxylic acids is 1. The molecule has 2 saturated carbocycles. The van der Waals surface area contributed by atoms with Gasteiger partial charge in [-0.15, -0.1) is 0 Å². The lowest BCUT2D eigenvalue weighted by molar-refractivity contribution is -0.117. The molecule has 172 valence electrons. The normalized spacial score (nSPS) is 15.9. The van der Waals surface area contributed by atoms with Gasteiger partial charge in [-0.05, 0) is 37.8 Å². The zero-order valence-corrected chi connectivity index (χ0v) is 18.3. The van der Waals surface area contributed by atoms with Crippen LogP contribution in [-0.2, 0) is 17.8 Å². The Bertz CT molecular complexity index is 1200. The van der Waals surface area contributed by atoms with E-state index in [2.05, 4.69) is 25.7 Å². The molecule has 0 unspecified atom stereocenters. The molecular weight excluding hydrogens is 430 g/mol. The van der Waals surface area contributed by atoms with Gasteiger partial charge in [0, 0.05) is 31.1 Å². The van der Waals surface area contributed by atoms with Gasteiger partial charge >= 0.3 is 0 Å².